The molecule has 6 heteroatoms. The number of carbonyl (C=O) groups excluding carboxylic acids is 2. The molecule has 1 aromatic rings. The largest absolute Gasteiger partial charge is 0.480 e. The number of benzene rings is 1. The fourth-order valence-corrected chi connectivity index (χ4v) is 1.86. The van der Waals surface area contributed by atoms with E-state index in [1.54, 1.807) is 0 Å². The predicted octanol–water partition coefficient (Wildman–Crippen LogP) is 0.978. The molecule has 114 valence electrons. The number of carbonyl (C=O) groups is 3. The molecule has 0 aliphatic heterocycles. The molecule has 1 rings (SSSR count). The minimum atomic E-state index is -1.28. The zero-order chi connectivity index (χ0) is 16.0. The Morgan fingerprint density at radius 3 is 2.52 bits per heavy atom. The second-order valence-electron chi connectivity index (χ2n) is 4.85. The first-order chi connectivity index (χ1) is 9.83. The van der Waals surface area contributed by atoms with E-state index in [0.717, 1.165) is 16.7 Å². The number of aliphatic carboxylic acids is 1. The summed E-state index contributed by atoms with van der Waals surface area (Å²) >= 11 is 0. The molecule has 0 fully saturated rings. The molecule has 0 aromatic heterocycles. The predicted molar refractivity (Wildman–Crippen MR) is 75.8 cm³/mol. The number of nitrogens with one attached hydrogen (secondary N) is 1. The van der Waals surface area contributed by atoms with Crippen LogP contribution in [-0.4, -0.2) is 36.1 Å². The van der Waals surface area contributed by atoms with Gasteiger partial charge in [-0.15, -0.1) is 0 Å². The fourth-order valence-electron chi connectivity index (χ4n) is 1.86. The van der Waals surface area contributed by atoms with Crippen LogP contribution in [0.1, 0.15) is 23.1 Å². The number of rotatable bonds is 6. The van der Waals surface area contributed by atoms with Crippen molar-refractivity contribution in [2.45, 2.75) is 32.7 Å². The first-order valence-electron chi connectivity index (χ1n) is 6.48. The monoisotopic (exact) mass is 293 g/mol. The molecule has 0 unspecified atom stereocenters. The third-order valence-electron chi connectivity index (χ3n) is 3.09. The van der Waals surface area contributed by atoms with Gasteiger partial charge in [-0.1, -0.05) is 23.8 Å². The number of methoxy groups -OCH3 is 1. The average molecular weight is 293 g/mol. The minimum absolute atomic E-state index is 0.0679. The highest BCUT2D eigenvalue weighted by molar-refractivity contribution is 5.88. The zero-order valence-corrected chi connectivity index (χ0v) is 12.3. The highest BCUT2D eigenvalue weighted by atomic mass is 16.5. The second-order valence-corrected chi connectivity index (χ2v) is 4.85. The van der Waals surface area contributed by atoms with Crippen molar-refractivity contribution >= 4 is 17.8 Å². The van der Waals surface area contributed by atoms with Crippen LogP contribution < -0.4 is 5.32 Å². The summed E-state index contributed by atoms with van der Waals surface area (Å²) in [5.41, 5.74) is 2.80. The van der Waals surface area contributed by atoms with E-state index in [4.69, 9.17) is 5.11 Å². The third-order valence-corrected chi connectivity index (χ3v) is 3.09. The Labute approximate surface area is 123 Å². The van der Waals surface area contributed by atoms with Crippen LogP contribution in [0.2, 0.25) is 0 Å². The Morgan fingerprint density at radius 2 is 1.95 bits per heavy atom. The first kappa shape index (κ1) is 16.7. The Balaban J connectivity index is 2.72. The van der Waals surface area contributed by atoms with Crippen molar-refractivity contribution in [2.24, 2.45) is 0 Å². The molecule has 2 N–H and O–H groups in total. The Kier molecular flexibility index (Phi) is 5.90. The standard InChI is InChI=1S/C15H19NO5/c1-9-4-5-10(2)11(6-9)7-13(17)16-12(15(19)20)8-14(18)21-3/h4-6,12H,7-8H2,1-3H3,(H,16,17)(H,19,20)/t12-/m0/s1. The highest BCUT2D eigenvalue weighted by Gasteiger charge is 2.23. The van der Waals surface area contributed by atoms with Crippen molar-refractivity contribution < 1.29 is 24.2 Å². The summed E-state index contributed by atoms with van der Waals surface area (Å²) < 4.78 is 4.41. The summed E-state index contributed by atoms with van der Waals surface area (Å²) in [5.74, 6) is -2.40. The number of esters is 1. The molecule has 21 heavy (non-hydrogen) atoms. The SMILES string of the molecule is COC(=O)C[C@H](NC(=O)Cc1cc(C)ccc1C)C(=O)O. The average Bonchev–Trinajstić information content (AvgIpc) is 2.41. The number of aryl methyl sites for hydroxylation is 2. The van der Waals surface area contributed by atoms with E-state index in [-0.39, 0.29) is 6.42 Å². The number of ether oxygens (including phenoxy) is 1. The summed E-state index contributed by atoms with van der Waals surface area (Å²) in [6, 6.07) is 4.44. The van der Waals surface area contributed by atoms with Gasteiger partial charge in [0.2, 0.25) is 5.91 Å². The maximum absolute atomic E-state index is 11.9. The quantitative estimate of drug-likeness (QED) is 0.763. The molecule has 0 saturated carbocycles. The normalized spacial score (nSPS) is 11.6. The topological polar surface area (TPSA) is 92.7 Å². The van der Waals surface area contributed by atoms with E-state index in [2.05, 4.69) is 10.1 Å². The molecule has 1 atom stereocenters. The first-order valence-corrected chi connectivity index (χ1v) is 6.48. The van der Waals surface area contributed by atoms with Gasteiger partial charge in [0.15, 0.2) is 0 Å². The van der Waals surface area contributed by atoms with Gasteiger partial charge >= 0.3 is 11.9 Å². The summed E-state index contributed by atoms with van der Waals surface area (Å²) in [5, 5.41) is 11.3. The van der Waals surface area contributed by atoms with Crippen molar-refractivity contribution in [3.63, 3.8) is 0 Å². The van der Waals surface area contributed by atoms with E-state index in [9.17, 15) is 14.4 Å². The smallest absolute Gasteiger partial charge is 0.326 e. The molecule has 0 bridgehead atoms. The molecule has 0 radical (unpaired) electrons. The molecule has 1 amide bonds. The maximum Gasteiger partial charge on any atom is 0.326 e. The van der Waals surface area contributed by atoms with Gasteiger partial charge in [0.25, 0.3) is 0 Å². The van der Waals surface area contributed by atoms with E-state index in [1.165, 1.54) is 7.11 Å². The zero-order valence-electron chi connectivity index (χ0n) is 12.3. The van der Waals surface area contributed by atoms with Gasteiger partial charge in [-0.2, -0.15) is 0 Å². The van der Waals surface area contributed by atoms with Gasteiger partial charge in [-0.05, 0) is 25.0 Å². The second kappa shape index (κ2) is 7.42. The molecule has 0 spiro atoms. The van der Waals surface area contributed by atoms with E-state index in [1.807, 2.05) is 32.0 Å². The van der Waals surface area contributed by atoms with Gasteiger partial charge < -0.3 is 15.2 Å². The number of hydrogen-bond acceptors (Lipinski definition) is 4. The van der Waals surface area contributed by atoms with Gasteiger partial charge in [0, 0.05) is 0 Å². The van der Waals surface area contributed by atoms with Gasteiger partial charge in [0.05, 0.1) is 20.0 Å². The lowest BCUT2D eigenvalue weighted by Crippen LogP contribution is -2.43. The Hall–Kier alpha value is -2.37. The van der Waals surface area contributed by atoms with E-state index >= 15 is 0 Å². The molecule has 6 nitrogen and oxygen atoms in total. The molecule has 0 aliphatic rings. The van der Waals surface area contributed by atoms with E-state index in [0.29, 0.717) is 0 Å². The van der Waals surface area contributed by atoms with Crippen LogP contribution >= 0.6 is 0 Å². The lowest BCUT2D eigenvalue weighted by molar-refractivity contribution is -0.148. The van der Waals surface area contributed by atoms with Crippen LogP contribution in [0.25, 0.3) is 0 Å². The molecule has 0 heterocycles. The lowest BCUT2D eigenvalue weighted by Gasteiger charge is -2.14. The minimum Gasteiger partial charge on any atom is -0.480 e. The number of carboxylic acid groups (broad SMARTS) is 1. The molecule has 0 aliphatic carbocycles. The molecular weight excluding hydrogens is 274 g/mol. The highest BCUT2D eigenvalue weighted by Crippen LogP contribution is 2.11. The lowest BCUT2D eigenvalue weighted by atomic mass is 10.0. The number of amides is 1. The summed E-state index contributed by atoms with van der Waals surface area (Å²) in [6.45, 7) is 3.79. The van der Waals surface area contributed by atoms with Crippen LogP contribution in [-0.2, 0) is 25.5 Å². The summed E-state index contributed by atoms with van der Waals surface area (Å²) in [7, 11) is 1.17. The van der Waals surface area contributed by atoms with Crippen LogP contribution in [0.3, 0.4) is 0 Å². The third kappa shape index (κ3) is 5.25. The van der Waals surface area contributed by atoms with Crippen molar-refractivity contribution in [2.75, 3.05) is 7.11 Å². The molecule has 0 saturated heterocycles. The van der Waals surface area contributed by atoms with Gasteiger partial charge in [0.1, 0.15) is 6.04 Å². The van der Waals surface area contributed by atoms with Crippen LogP contribution in [0, 0.1) is 13.8 Å². The van der Waals surface area contributed by atoms with Crippen molar-refractivity contribution in [1.82, 2.24) is 5.32 Å². The maximum atomic E-state index is 11.9. The molecular formula is C15H19NO5. The van der Waals surface area contributed by atoms with Crippen molar-refractivity contribution in [1.29, 1.82) is 0 Å². The summed E-state index contributed by atoms with van der Waals surface area (Å²) in [4.78, 5) is 34.1. The van der Waals surface area contributed by atoms with Crippen LogP contribution in [0.4, 0.5) is 0 Å². The fraction of sp³-hybridized carbons (Fsp3) is 0.400. The Bertz CT molecular complexity index is 553. The van der Waals surface area contributed by atoms with Crippen LogP contribution in [0.5, 0.6) is 0 Å². The van der Waals surface area contributed by atoms with Crippen molar-refractivity contribution in [3.8, 4) is 0 Å². The Morgan fingerprint density at radius 1 is 1.29 bits per heavy atom. The van der Waals surface area contributed by atoms with E-state index < -0.39 is 30.3 Å². The number of carboxylic acids is 1. The number of hydrogen-bond donors (Lipinski definition) is 2. The van der Waals surface area contributed by atoms with Crippen LogP contribution in [0.15, 0.2) is 18.2 Å². The molecule has 1 aromatic carbocycles. The summed E-state index contributed by atoms with van der Waals surface area (Å²) in [6.07, 6.45) is -0.331. The van der Waals surface area contributed by atoms with Crippen molar-refractivity contribution in [3.05, 3.63) is 34.9 Å². The van der Waals surface area contributed by atoms with Gasteiger partial charge in [-0.3, -0.25) is 9.59 Å². The van der Waals surface area contributed by atoms with Gasteiger partial charge in [-0.25, -0.2) is 4.79 Å².